The number of aliphatic hydroxyl groups excluding tert-OH is 1. The van der Waals surface area contributed by atoms with Crippen molar-refractivity contribution in [1.29, 1.82) is 0 Å². The van der Waals surface area contributed by atoms with Crippen molar-refractivity contribution < 1.29 is 5.11 Å². The molecule has 3 heterocycles. The quantitative estimate of drug-likeness (QED) is 0.857. The fourth-order valence-electron chi connectivity index (χ4n) is 3.96. The van der Waals surface area contributed by atoms with Crippen LogP contribution in [0.15, 0.2) is 0 Å². The van der Waals surface area contributed by atoms with Crippen LogP contribution in [0.1, 0.15) is 48.4 Å². The molecule has 1 saturated carbocycles. The molecule has 6 heteroatoms. The van der Waals surface area contributed by atoms with Crippen LogP contribution in [-0.2, 0) is 6.54 Å². The predicted octanol–water partition coefficient (Wildman–Crippen LogP) is 3.26. The SMILES string of the molecule is Cc1sc2nc(CN3CCCC3)nc(N(CCO)C3CCC3)c2c1C. The largest absolute Gasteiger partial charge is 0.395 e. The van der Waals surface area contributed by atoms with E-state index in [1.165, 1.54) is 47.9 Å². The van der Waals surface area contributed by atoms with Gasteiger partial charge in [-0.2, -0.15) is 0 Å². The van der Waals surface area contributed by atoms with Crippen molar-refractivity contribution in [2.45, 2.75) is 58.5 Å². The number of aryl methyl sites for hydroxylation is 2. The van der Waals surface area contributed by atoms with E-state index in [0.717, 1.165) is 36.1 Å². The second-order valence-corrected chi connectivity index (χ2v) is 8.62. The molecule has 0 bridgehead atoms. The average molecular weight is 361 g/mol. The molecule has 2 aliphatic rings. The highest BCUT2D eigenvalue weighted by atomic mass is 32.1. The third-order valence-electron chi connectivity index (χ3n) is 5.75. The first-order valence-corrected chi connectivity index (χ1v) is 10.4. The van der Waals surface area contributed by atoms with Crippen LogP contribution in [0, 0.1) is 13.8 Å². The molecule has 1 N–H and O–H groups in total. The highest BCUT2D eigenvalue weighted by molar-refractivity contribution is 7.18. The second-order valence-electron chi connectivity index (χ2n) is 7.41. The van der Waals surface area contributed by atoms with Gasteiger partial charge in [-0.3, -0.25) is 4.90 Å². The molecular weight excluding hydrogens is 332 g/mol. The molecule has 2 fully saturated rings. The topological polar surface area (TPSA) is 52.5 Å². The summed E-state index contributed by atoms with van der Waals surface area (Å²) in [5, 5.41) is 10.8. The maximum Gasteiger partial charge on any atom is 0.146 e. The Balaban J connectivity index is 1.77. The number of fused-ring (bicyclic) bond motifs is 1. The second kappa shape index (κ2) is 7.17. The molecule has 0 atom stereocenters. The first kappa shape index (κ1) is 17.2. The zero-order chi connectivity index (χ0) is 17.4. The molecule has 25 heavy (non-hydrogen) atoms. The normalized spacial score (nSPS) is 18.8. The van der Waals surface area contributed by atoms with Gasteiger partial charge < -0.3 is 10.0 Å². The van der Waals surface area contributed by atoms with Gasteiger partial charge in [0.05, 0.1) is 18.5 Å². The van der Waals surface area contributed by atoms with Crippen molar-refractivity contribution in [2.24, 2.45) is 0 Å². The van der Waals surface area contributed by atoms with Gasteiger partial charge >= 0.3 is 0 Å². The van der Waals surface area contributed by atoms with Crippen LogP contribution >= 0.6 is 11.3 Å². The first-order valence-electron chi connectivity index (χ1n) is 9.54. The Labute approximate surface area is 153 Å². The van der Waals surface area contributed by atoms with Gasteiger partial charge in [0.15, 0.2) is 0 Å². The lowest BCUT2D eigenvalue weighted by Crippen LogP contribution is -2.42. The van der Waals surface area contributed by atoms with Gasteiger partial charge in [-0.1, -0.05) is 0 Å². The van der Waals surface area contributed by atoms with Crippen LogP contribution in [0.2, 0.25) is 0 Å². The Bertz CT molecular complexity index is 749. The van der Waals surface area contributed by atoms with Crippen molar-refractivity contribution in [3.05, 3.63) is 16.3 Å². The van der Waals surface area contributed by atoms with Crippen LogP contribution in [0.5, 0.6) is 0 Å². The maximum atomic E-state index is 9.62. The molecule has 0 radical (unpaired) electrons. The molecule has 136 valence electrons. The van der Waals surface area contributed by atoms with Crippen LogP contribution in [0.25, 0.3) is 10.2 Å². The van der Waals surface area contributed by atoms with Gasteiger partial charge in [-0.15, -0.1) is 11.3 Å². The predicted molar refractivity (Wildman–Crippen MR) is 103 cm³/mol. The van der Waals surface area contributed by atoms with Gasteiger partial charge in [0.2, 0.25) is 0 Å². The Kier molecular flexibility index (Phi) is 4.93. The van der Waals surface area contributed by atoms with Gasteiger partial charge in [-0.05, 0) is 64.6 Å². The minimum absolute atomic E-state index is 0.172. The summed E-state index contributed by atoms with van der Waals surface area (Å²) in [6.45, 7) is 8.34. The molecule has 0 unspecified atom stereocenters. The molecule has 1 aliphatic heterocycles. The smallest absolute Gasteiger partial charge is 0.146 e. The number of nitrogens with zero attached hydrogens (tertiary/aromatic N) is 4. The van der Waals surface area contributed by atoms with Crippen molar-refractivity contribution in [3.63, 3.8) is 0 Å². The molecule has 2 aromatic rings. The maximum absolute atomic E-state index is 9.62. The summed E-state index contributed by atoms with van der Waals surface area (Å²) in [5.41, 5.74) is 1.30. The average Bonchev–Trinajstić information content (AvgIpc) is 3.13. The molecule has 4 rings (SSSR count). The van der Waals surface area contributed by atoms with E-state index >= 15 is 0 Å². The van der Waals surface area contributed by atoms with E-state index < -0.39 is 0 Å². The summed E-state index contributed by atoms with van der Waals surface area (Å²) in [6, 6.07) is 0.518. The summed E-state index contributed by atoms with van der Waals surface area (Å²) < 4.78 is 0. The molecule has 5 nitrogen and oxygen atoms in total. The minimum Gasteiger partial charge on any atom is -0.395 e. The number of rotatable bonds is 6. The molecule has 2 aromatic heterocycles. The van der Waals surface area contributed by atoms with Crippen molar-refractivity contribution in [1.82, 2.24) is 14.9 Å². The molecule has 1 aliphatic carbocycles. The number of aromatic nitrogens is 2. The highest BCUT2D eigenvalue weighted by Gasteiger charge is 2.29. The standard InChI is InChI=1S/C19H28N4OS/c1-13-14(2)25-19-17(13)18(23(10-11-24)15-6-5-7-15)20-16(21-19)12-22-8-3-4-9-22/h15,24H,3-12H2,1-2H3. The van der Waals surface area contributed by atoms with Gasteiger partial charge in [0, 0.05) is 17.5 Å². The van der Waals surface area contributed by atoms with E-state index in [1.54, 1.807) is 11.3 Å². The Morgan fingerprint density at radius 3 is 2.56 bits per heavy atom. The van der Waals surface area contributed by atoms with Gasteiger partial charge in [0.25, 0.3) is 0 Å². The summed E-state index contributed by atoms with van der Waals surface area (Å²) in [7, 11) is 0. The van der Waals surface area contributed by atoms with E-state index in [-0.39, 0.29) is 6.61 Å². The lowest BCUT2D eigenvalue weighted by molar-refractivity contribution is 0.282. The fourth-order valence-corrected chi connectivity index (χ4v) is 5.00. The van der Waals surface area contributed by atoms with Crippen LogP contribution < -0.4 is 4.90 Å². The third-order valence-corrected chi connectivity index (χ3v) is 6.85. The highest BCUT2D eigenvalue weighted by Crippen LogP contribution is 2.38. The Hall–Kier alpha value is -1.24. The fraction of sp³-hybridized carbons (Fsp3) is 0.684. The number of hydrogen-bond acceptors (Lipinski definition) is 6. The van der Waals surface area contributed by atoms with Gasteiger partial charge in [-0.25, -0.2) is 9.97 Å². The van der Waals surface area contributed by atoms with Crippen molar-refractivity contribution in [2.75, 3.05) is 31.1 Å². The van der Waals surface area contributed by atoms with E-state index in [4.69, 9.17) is 9.97 Å². The monoisotopic (exact) mass is 360 g/mol. The van der Waals surface area contributed by atoms with E-state index in [2.05, 4.69) is 23.6 Å². The number of thiophene rings is 1. The number of aliphatic hydroxyl groups is 1. The molecule has 0 aromatic carbocycles. The van der Waals surface area contributed by atoms with Crippen molar-refractivity contribution in [3.8, 4) is 0 Å². The first-order chi connectivity index (χ1) is 12.2. The summed E-state index contributed by atoms with van der Waals surface area (Å²) in [6.07, 6.45) is 6.25. The van der Waals surface area contributed by atoms with Crippen molar-refractivity contribution >= 4 is 27.4 Å². The zero-order valence-electron chi connectivity index (χ0n) is 15.3. The Morgan fingerprint density at radius 1 is 1.16 bits per heavy atom. The van der Waals surface area contributed by atoms with Crippen LogP contribution in [-0.4, -0.2) is 52.3 Å². The Morgan fingerprint density at radius 2 is 1.92 bits per heavy atom. The number of likely N-dealkylation sites (tertiary alicyclic amines) is 1. The summed E-state index contributed by atoms with van der Waals surface area (Å²) in [5.74, 6) is 1.99. The molecule has 1 saturated heterocycles. The molecule has 0 spiro atoms. The lowest BCUT2D eigenvalue weighted by Gasteiger charge is -2.38. The number of anilines is 1. The van der Waals surface area contributed by atoms with E-state index in [9.17, 15) is 5.11 Å². The zero-order valence-corrected chi connectivity index (χ0v) is 16.1. The van der Waals surface area contributed by atoms with E-state index in [1.807, 2.05) is 0 Å². The third kappa shape index (κ3) is 3.27. The minimum atomic E-state index is 0.172. The van der Waals surface area contributed by atoms with Crippen LogP contribution in [0.4, 0.5) is 5.82 Å². The van der Waals surface area contributed by atoms with Crippen LogP contribution in [0.3, 0.4) is 0 Å². The molecular formula is C19H28N4OS. The number of hydrogen-bond donors (Lipinski definition) is 1. The lowest BCUT2D eigenvalue weighted by atomic mass is 9.91. The molecule has 0 amide bonds. The van der Waals surface area contributed by atoms with Gasteiger partial charge in [0.1, 0.15) is 16.5 Å². The summed E-state index contributed by atoms with van der Waals surface area (Å²) >= 11 is 1.78. The summed E-state index contributed by atoms with van der Waals surface area (Å²) in [4.78, 5) is 17.2. The van der Waals surface area contributed by atoms with E-state index in [0.29, 0.717) is 12.6 Å².